The molecule has 1 N–H and O–H groups in total. The van der Waals surface area contributed by atoms with Gasteiger partial charge in [-0.05, 0) is 19.3 Å². The van der Waals surface area contributed by atoms with E-state index in [-0.39, 0.29) is 10.6 Å². The molecule has 2 rings (SSSR count). The Morgan fingerprint density at radius 2 is 1.95 bits per heavy atom. The zero-order chi connectivity index (χ0) is 14.8. The lowest BCUT2D eigenvalue weighted by Gasteiger charge is -2.32. The molecule has 1 aliphatic carbocycles. The normalized spacial score (nSPS) is 29.6. The minimum Gasteiger partial charge on any atom is -0.480 e. The van der Waals surface area contributed by atoms with Crippen molar-refractivity contribution in [3.8, 4) is 0 Å². The van der Waals surface area contributed by atoms with Gasteiger partial charge in [-0.15, -0.1) is 11.8 Å². The summed E-state index contributed by atoms with van der Waals surface area (Å²) in [5.41, 5.74) is 0. The highest BCUT2D eigenvalue weighted by atomic mass is 32.2. The minimum atomic E-state index is -3.50. The van der Waals surface area contributed by atoms with Crippen LogP contribution in [0.1, 0.15) is 51.9 Å². The predicted octanol–water partition coefficient (Wildman–Crippen LogP) is 2.28. The van der Waals surface area contributed by atoms with Crippen LogP contribution in [0.15, 0.2) is 0 Å². The van der Waals surface area contributed by atoms with Gasteiger partial charge in [0.1, 0.15) is 6.04 Å². The number of carbonyl (C=O) groups is 1. The monoisotopic (exact) mass is 321 g/mol. The molecule has 1 saturated carbocycles. The highest BCUT2D eigenvalue weighted by Crippen LogP contribution is 2.38. The van der Waals surface area contributed by atoms with Crippen molar-refractivity contribution in [2.45, 2.75) is 68.5 Å². The molecule has 2 aliphatic rings. The van der Waals surface area contributed by atoms with E-state index in [1.807, 2.05) is 6.92 Å². The Morgan fingerprint density at radius 1 is 1.30 bits per heavy atom. The first-order chi connectivity index (χ1) is 9.48. The van der Waals surface area contributed by atoms with Crippen molar-refractivity contribution in [2.75, 3.05) is 5.75 Å². The second-order valence-electron chi connectivity index (χ2n) is 5.57. The summed E-state index contributed by atoms with van der Waals surface area (Å²) in [5, 5.41) is 8.73. The molecule has 5 nitrogen and oxygen atoms in total. The van der Waals surface area contributed by atoms with E-state index in [1.54, 1.807) is 0 Å². The highest BCUT2D eigenvalue weighted by molar-refractivity contribution is 8.01. The van der Waals surface area contributed by atoms with E-state index < -0.39 is 22.0 Å². The van der Waals surface area contributed by atoms with E-state index in [4.69, 9.17) is 0 Å². The Balaban J connectivity index is 2.25. The van der Waals surface area contributed by atoms with Gasteiger partial charge >= 0.3 is 5.97 Å². The molecular formula is C13H23NO4S2. The topological polar surface area (TPSA) is 74.7 Å². The molecule has 0 amide bonds. The summed E-state index contributed by atoms with van der Waals surface area (Å²) in [6, 6.07) is -0.886. The fourth-order valence-corrected chi connectivity index (χ4v) is 7.33. The van der Waals surface area contributed by atoms with E-state index in [2.05, 4.69) is 0 Å². The van der Waals surface area contributed by atoms with Gasteiger partial charge in [0.15, 0.2) is 0 Å². The largest absolute Gasteiger partial charge is 0.480 e. The lowest BCUT2D eigenvalue weighted by molar-refractivity contribution is -0.140. The van der Waals surface area contributed by atoms with Gasteiger partial charge in [0.25, 0.3) is 0 Å². The molecule has 0 aromatic heterocycles. The van der Waals surface area contributed by atoms with Gasteiger partial charge in [-0.3, -0.25) is 4.79 Å². The summed E-state index contributed by atoms with van der Waals surface area (Å²) in [6.45, 7) is 2.00. The fraction of sp³-hybridized carbons (Fsp3) is 0.923. The Morgan fingerprint density at radius 3 is 2.50 bits per heavy atom. The quantitative estimate of drug-likeness (QED) is 0.841. The molecule has 2 atom stereocenters. The van der Waals surface area contributed by atoms with E-state index >= 15 is 0 Å². The van der Waals surface area contributed by atoms with Crippen molar-refractivity contribution >= 4 is 27.8 Å². The zero-order valence-corrected chi connectivity index (χ0v) is 13.5. The Bertz CT molecular complexity index is 445. The van der Waals surface area contributed by atoms with Gasteiger partial charge in [-0.2, -0.15) is 4.31 Å². The van der Waals surface area contributed by atoms with E-state index in [0.717, 1.165) is 32.1 Å². The molecule has 1 heterocycles. The Hall–Kier alpha value is -0.270. The molecule has 0 radical (unpaired) electrons. The van der Waals surface area contributed by atoms with Crippen molar-refractivity contribution in [1.29, 1.82) is 0 Å². The molecule has 1 aliphatic heterocycles. The molecule has 0 spiro atoms. The van der Waals surface area contributed by atoms with Gasteiger partial charge < -0.3 is 5.11 Å². The standard InChI is InChI=1S/C13H23NO4S2/c1-2-6-12-14(11(9-19-12)13(15)16)20(17,18)10-7-4-3-5-8-10/h10-12H,2-9H2,1H3,(H,15,16). The van der Waals surface area contributed by atoms with Crippen molar-refractivity contribution in [3.63, 3.8) is 0 Å². The summed E-state index contributed by atoms with van der Waals surface area (Å²) in [7, 11) is -3.50. The van der Waals surface area contributed by atoms with Crippen molar-refractivity contribution in [3.05, 3.63) is 0 Å². The second kappa shape index (κ2) is 6.66. The SMILES string of the molecule is CCCC1SCC(C(=O)O)N1S(=O)(=O)C1CCCCC1. The third-order valence-corrected chi connectivity index (χ3v) is 8.03. The van der Waals surface area contributed by atoms with Crippen LogP contribution in [0, 0.1) is 0 Å². The van der Waals surface area contributed by atoms with Crippen LogP contribution in [0.4, 0.5) is 0 Å². The van der Waals surface area contributed by atoms with Crippen LogP contribution >= 0.6 is 11.8 Å². The molecule has 7 heteroatoms. The number of nitrogens with zero attached hydrogens (tertiary/aromatic N) is 1. The molecule has 0 aromatic rings. The average Bonchev–Trinajstić information content (AvgIpc) is 2.85. The number of aliphatic carboxylic acids is 1. The van der Waals surface area contributed by atoms with Crippen molar-refractivity contribution < 1.29 is 18.3 Å². The van der Waals surface area contributed by atoms with Crippen molar-refractivity contribution in [1.82, 2.24) is 4.31 Å². The Labute approximate surface area is 125 Å². The minimum absolute atomic E-state index is 0.201. The van der Waals surface area contributed by atoms with Gasteiger partial charge in [-0.1, -0.05) is 32.6 Å². The molecule has 2 unspecified atom stereocenters. The van der Waals surface area contributed by atoms with Gasteiger partial charge in [0.2, 0.25) is 10.0 Å². The van der Waals surface area contributed by atoms with Crippen LogP contribution in [0.5, 0.6) is 0 Å². The summed E-state index contributed by atoms with van der Waals surface area (Å²) in [5.74, 6) is -0.651. The third kappa shape index (κ3) is 3.14. The number of carboxylic acids is 1. The molecule has 116 valence electrons. The Kier molecular flexibility index (Phi) is 5.36. The first kappa shape index (κ1) is 16.1. The number of thioether (sulfide) groups is 1. The van der Waals surface area contributed by atoms with Crippen LogP contribution < -0.4 is 0 Å². The van der Waals surface area contributed by atoms with E-state index in [9.17, 15) is 18.3 Å². The molecule has 1 saturated heterocycles. The maximum atomic E-state index is 12.8. The number of hydrogen-bond acceptors (Lipinski definition) is 4. The number of rotatable bonds is 5. The number of carboxylic acid groups (broad SMARTS) is 1. The first-order valence-corrected chi connectivity index (χ1v) is 9.90. The summed E-state index contributed by atoms with van der Waals surface area (Å²) in [6.07, 6.45) is 5.88. The second-order valence-corrected chi connectivity index (χ2v) is 8.89. The molecular weight excluding hydrogens is 298 g/mol. The molecule has 20 heavy (non-hydrogen) atoms. The van der Waals surface area contributed by atoms with Gasteiger partial charge in [-0.25, -0.2) is 8.42 Å². The van der Waals surface area contributed by atoms with Gasteiger partial charge in [0, 0.05) is 5.75 Å². The van der Waals surface area contributed by atoms with Crippen LogP contribution in [-0.4, -0.2) is 46.2 Å². The van der Waals surface area contributed by atoms with E-state index in [0.29, 0.717) is 18.6 Å². The predicted molar refractivity (Wildman–Crippen MR) is 80.2 cm³/mol. The summed E-state index contributed by atoms with van der Waals surface area (Å²) in [4.78, 5) is 11.4. The lowest BCUT2D eigenvalue weighted by Crippen LogP contribution is -2.49. The van der Waals surface area contributed by atoms with Gasteiger partial charge in [0.05, 0.1) is 10.6 Å². The van der Waals surface area contributed by atoms with Crippen LogP contribution in [-0.2, 0) is 14.8 Å². The maximum Gasteiger partial charge on any atom is 0.322 e. The summed E-state index contributed by atoms with van der Waals surface area (Å²) >= 11 is 1.47. The molecule has 2 fully saturated rings. The van der Waals surface area contributed by atoms with Crippen LogP contribution in [0.2, 0.25) is 0 Å². The van der Waals surface area contributed by atoms with Crippen LogP contribution in [0.25, 0.3) is 0 Å². The third-order valence-electron chi connectivity index (χ3n) is 4.13. The zero-order valence-electron chi connectivity index (χ0n) is 11.8. The summed E-state index contributed by atoms with van der Waals surface area (Å²) < 4.78 is 27.0. The molecule has 0 bridgehead atoms. The molecule has 0 aromatic carbocycles. The average molecular weight is 321 g/mol. The van der Waals surface area contributed by atoms with E-state index in [1.165, 1.54) is 16.1 Å². The highest BCUT2D eigenvalue weighted by Gasteiger charge is 2.47. The fourth-order valence-electron chi connectivity index (χ4n) is 3.06. The lowest BCUT2D eigenvalue weighted by atomic mass is 10.0. The maximum absolute atomic E-state index is 12.8. The smallest absolute Gasteiger partial charge is 0.322 e. The first-order valence-electron chi connectivity index (χ1n) is 7.35. The number of sulfonamides is 1. The number of hydrogen-bond donors (Lipinski definition) is 1. The van der Waals surface area contributed by atoms with Crippen molar-refractivity contribution in [2.24, 2.45) is 0 Å². The van der Waals surface area contributed by atoms with Crippen LogP contribution in [0.3, 0.4) is 0 Å².